The van der Waals surface area contributed by atoms with Crippen LogP contribution in [0.4, 0.5) is 5.82 Å². The van der Waals surface area contributed by atoms with Crippen molar-refractivity contribution in [3.05, 3.63) is 23.9 Å². The molecule has 1 aromatic rings. The van der Waals surface area contributed by atoms with Gasteiger partial charge in [0.15, 0.2) is 5.12 Å². The van der Waals surface area contributed by atoms with Gasteiger partial charge in [0.25, 0.3) is 0 Å². The standard InChI is InChI=1S/C13H13N3O2S/c1-9(17)19-8-10-5-13(18)16(7-10)12-4-2-3-11(6-14)15-12/h2-4,10H,5,7-8H2,1H3. The molecule has 1 aliphatic rings. The Kier molecular flexibility index (Phi) is 4.17. The van der Waals surface area contributed by atoms with Gasteiger partial charge in [-0.2, -0.15) is 5.26 Å². The van der Waals surface area contributed by atoms with Crippen molar-refractivity contribution >= 4 is 28.6 Å². The molecule has 1 saturated heterocycles. The SMILES string of the molecule is CC(=O)SCC1CC(=O)N(c2cccc(C#N)n2)C1. The maximum Gasteiger partial charge on any atom is 0.228 e. The maximum absolute atomic E-state index is 11.9. The van der Waals surface area contributed by atoms with E-state index in [9.17, 15) is 9.59 Å². The Labute approximate surface area is 115 Å². The molecule has 0 spiro atoms. The van der Waals surface area contributed by atoms with Crippen molar-refractivity contribution in [1.29, 1.82) is 5.26 Å². The molecule has 2 heterocycles. The van der Waals surface area contributed by atoms with Gasteiger partial charge in [0.1, 0.15) is 17.6 Å². The third-order valence-electron chi connectivity index (χ3n) is 2.85. The molecular formula is C13H13N3O2S. The van der Waals surface area contributed by atoms with Crippen LogP contribution in [0.5, 0.6) is 0 Å². The Bertz CT molecular complexity index is 553. The van der Waals surface area contributed by atoms with Crippen molar-refractivity contribution in [3.8, 4) is 6.07 Å². The molecule has 0 bridgehead atoms. The van der Waals surface area contributed by atoms with Gasteiger partial charge in [0.05, 0.1) is 0 Å². The third kappa shape index (κ3) is 3.32. The molecule has 1 aromatic heterocycles. The van der Waals surface area contributed by atoms with Gasteiger partial charge in [-0.05, 0) is 18.1 Å². The number of carbonyl (C=O) groups is 2. The summed E-state index contributed by atoms with van der Waals surface area (Å²) in [5.41, 5.74) is 0.298. The number of nitrogens with zero attached hydrogens (tertiary/aromatic N) is 3. The molecule has 1 unspecified atom stereocenters. The number of pyridine rings is 1. The van der Waals surface area contributed by atoms with Gasteiger partial charge in [-0.1, -0.05) is 17.8 Å². The highest BCUT2D eigenvalue weighted by molar-refractivity contribution is 8.13. The molecule has 0 saturated carbocycles. The Morgan fingerprint density at radius 3 is 3.11 bits per heavy atom. The van der Waals surface area contributed by atoms with Crippen molar-refractivity contribution < 1.29 is 9.59 Å². The fourth-order valence-corrected chi connectivity index (χ4v) is 2.68. The Morgan fingerprint density at radius 2 is 2.42 bits per heavy atom. The largest absolute Gasteiger partial charge is 0.296 e. The van der Waals surface area contributed by atoms with Crippen LogP contribution in [0.1, 0.15) is 19.0 Å². The lowest BCUT2D eigenvalue weighted by atomic mass is 10.1. The fraction of sp³-hybridized carbons (Fsp3) is 0.385. The van der Waals surface area contributed by atoms with Crippen LogP contribution in [-0.2, 0) is 9.59 Å². The van der Waals surface area contributed by atoms with E-state index in [0.717, 1.165) is 0 Å². The molecular weight excluding hydrogens is 262 g/mol. The zero-order valence-corrected chi connectivity index (χ0v) is 11.3. The lowest BCUT2D eigenvalue weighted by molar-refractivity contribution is -0.117. The predicted octanol–water partition coefficient (Wildman–Crippen LogP) is 1.59. The van der Waals surface area contributed by atoms with E-state index in [-0.39, 0.29) is 16.9 Å². The molecule has 0 radical (unpaired) electrons. The van der Waals surface area contributed by atoms with Crippen molar-refractivity contribution in [2.75, 3.05) is 17.2 Å². The maximum atomic E-state index is 11.9. The first-order chi connectivity index (χ1) is 9.10. The van der Waals surface area contributed by atoms with Crippen LogP contribution in [0.25, 0.3) is 0 Å². The molecule has 0 aliphatic carbocycles. The van der Waals surface area contributed by atoms with Crippen LogP contribution in [0.3, 0.4) is 0 Å². The average molecular weight is 275 g/mol. The smallest absolute Gasteiger partial charge is 0.228 e. The summed E-state index contributed by atoms with van der Waals surface area (Å²) in [5.74, 6) is 1.32. The van der Waals surface area contributed by atoms with E-state index in [2.05, 4.69) is 4.98 Å². The fourth-order valence-electron chi connectivity index (χ4n) is 1.99. The molecule has 19 heavy (non-hydrogen) atoms. The lowest BCUT2D eigenvalue weighted by Crippen LogP contribution is -2.25. The van der Waals surface area contributed by atoms with Gasteiger partial charge in [-0.25, -0.2) is 4.98 Å². The summed E-state index contributed by atoms with van der Waals surface area (Å²) < 4.78 is 0. The summed E-state index contributed by atoms with van der Waals surface area (Å²) in [4.78, 5) is 28.6. The van der Waals surface area contributed by atoms with Crippen LogP contribution >= 0.6 is 11.8 Å². The number of carbonyl (C=O) groups excluding carboxylic acids is 2. The first kappa shape index (κ1) is 13.6. The third-order valence-corrected chi connectivity index (χ3v) is 3.90. The lowest BCUT2D eigenvalue weighted by Gasteiger charge is -2.15. The Balaban J connectivity index is 2.07. The normalized spacial score (nSPS) is 18.4. The van der Waals surface area contributed by atoms with E-state index in [1.54, 1.807) is 23.1 Å². The monoisotopic (exact) mass is 275 g/mol. The molecule has 1 amide bonds. The van der Waals surface area contributed by atoms with Crippen LogP contribution in [0, 0.1) is 17.2 Å². The van der Waals surface area contributed by atoms with Crippen molar-refractivity contribution in [2.45, 2.75) is 13.3 Å². The summed E-state index contributed by atoms with van der Waals surface area (Å²) in [6.07, 6.45) is 0.429. The summed E-state index contributed by atoms with van der Waals surface area (Å²) in [6.45, 7) is 2.08. The molecule has 0 aromatic carbocycles. The van der Waals surface area contributed by atoms with Crippen molar-refractivity contribution in [1.82, 2.24) is 4.98 Å². The molecule has 5 nitrogen and oxygen atoms in total. The minimum atomic E-state index is -0.00302. The molecule has 1 atom stereocenters. The van der Waals surface area contributed by atoms with Gasteiger partial charge in [-0.15, -0.1) is 0 Å². The summed E-state index contributed by atoms with van der Waals surface area (Å²) in [6, 6.07) is 7.00. The number of rotatable bonds is 3. The Hall–Kier alpha value is -1.87. The van der Waals surface area contributed by atoms with E-state index in [1.807, 2.05) is 6.07 Å². The number of thioether (sulfide) groups is 1. The summed E-state index contributed by atoms with van der Waals surface area (Å²) in [5, 5.41) is 8.88. The van der Waals surface area contributed by atoms with Crippen LogP contribution in [0.15, 0.2) is 18.2 Å². The average Bonchev–Trinajstić information content (AvgIpc) is 2.78. The second kappa shape index (κ2) is 5.85. The second-order valence-electron chi connectivity index (χ2n) is 4.37. The molecule has 0 N–H and O–H groups in total. The van der Waals surface area contributed by atoms with E-state index < -0.39 is 0 Å². The van der Waals surface area contributed by atoms with Crippen molar-refractivity contribution in [2.24, 2.45) is 5.92 Å². The van der Waals surface area contributed by atoms with Gasteiger partial charge in [0.2, 0.25) is 5.91 Å². The highest BCUT2D eigenvalue weighted by atomic mass is 32.2. The van der Waals surface area contributed by atoms with Crippen LogP contribution in [-0.4, -0.2) is 28.3 Å². The number of aromatic nitrogens is 1. The highest BCUT2D eigenvalue weighted by Crippen LogP contribution is 2.26. The Morgan fingerprint density at radius 1 is 1.63 bits per heavy atom. The van der Waals surface area contributed by atoms with Crippen LogP contribution in [0.2, 0.25) is 0 Å². The number of hydrogen-bond acceptors (Lipinski definition) is 5. The van der Waals surface area contributed by atoms with Gasteiger partial charge in [0, 0.05) is 25.6 Å². The topological polar surface area (TPSA) is 74.1 Å². The minimum absolute atomic E-state index is 0.00302. The van der Waals surface area contributed by atoms with E-state index >= 15 is 0 Å². The highest BCUT2D eigenvalue weighted by Gasteiger charge is 2.31. The predicted molar refractivity (Wildman–Crippen MR) is 72.6 cm³/mol. The zero-order chi connectivity index (χ0) is 13.8. The molecule has 1 aliphatic heterocycles. The molecule has 98 valence electrons. The van der Waals surface area contributed by atoms with E-state index in [4.69, 9.17) is 5.26 Å². The number of nitriles is 1. The van der Waals surface area contributed by atoms with Crippen molar-refractivity contribution in [3.63, 3.8) is 0 Å². The first-order valence-electron chi connectivity index (χ1n) is 5.91. The number of anilines is 1. The quantitative estimate of drug-likeness (QED) is 0.837. The number of hydrogen-bond donors (Lipinski definition) is 0. The van der Waals surface area contributed by atoms with E-state index in [1.165, 1.54) is 18.7 Å². The molecule has 1 fully saturated rings. The van der Waals surface area contributed by atoms with Crippen LogP contribution < -0.4 is 4.90 Å². The minimum Gasteiger partial charge on any atom is -0.296 e. The zero-order valence-electron chi connectivity index (χ0n) is 10.5. The molecule has 2 rings (SSSR count). The van der Waals surface area contributed by atoms with Gasteiger partial charge >= 0.3 is 0 Å². The summed E-state index contributed by atoms with van der Waals surface area (Å²) >= 11 is 1.24. The molecule has 6 heteroatoms. The van der Waals surface area contributed by atoms with Gasteiger partial charge in [-0.3, -0.25) is 14.5 Å². The second-order valence-corrected chi connectivity index (χ2v) is 5.57. The summed E-state index contributed by atoms with van der Waals surface area (Å²) in [7, 11) is 0. The van der Waals surface area contributed by atoms with Gasteiger partial charge < -0.3 is 0 Å². The first-order valence-corrected chi connectivity index (χ1v) is 6.89. The van der Waals surface area contributed by atoms with E-state index in [0.29, 0.717) is 30.2 Å². The number of amides is 1.